The Morgan fingerprint density at radius 3 is 2.78 bits per heavy atom. The van der Waals surface area contributed by atoms with Gasteiger partial charge in [0.2, 0.25) is 11.8 Å². The normalized spacial score (nSPS) is 10.7. The molecule has 0 saturated heterocycles. The van der Waals surface area contributed by atoms with Crippen LogP contribution in [-0.4, -0.2) is 11.3 Å². The number of hydrogen-bond acceptors (Lipinski definition) is 2. The topological polar surface area (TPSA) is 49.9 Å². The zero-order chi connectivity index (χ0) is 13.0. The van der Waals surface area contributed by atoms with Gasteiger partial charge in [-0.25, -0.2) is 0 Å². The van der Waals surface area contributed by atoms with Gasteiger partial charge in [-0.1, -0.05) is 25.8 Å². The van der Waals surface area contributed by atoms with Crippen molar-refractivity contribution in [2.45, 2.75) is 32.6 Å². The minimum absolute atomic E-state index is 0.264. The summed E-state index contributed by atoms with van der Waals surface area (Å²) >= 11 is 0. The van der Waals surface area contributed by atoms with E-state index >= 15 is 0 Å². The summed E-state index contributed by atoms with van der Waals surface area (Å²) in [5, 5.41) is 0.776. The van der Waals surface area contributed by atoms with E-state index in [1.54, 1.807) is 0 Å². The second-order valence-corrected chi connectivity index (χ2v) is 4.49. The lowest BCUT2D eigenvalue weighted by Crippen LogP contribution is -2.06. The van der Waals surface area contributed by atoms with Gasteiger partial charge in [-0.2, -0.15) is 0 Å². The Kier molecular flexibility index (Phi) is 3.92. The average Bonchev–Trinajstić information content (AvgIpc) is 2.38. The summed E-state index contributed by atoms with van der Waals surface area (Å²) in [5.74, 6) is 0. The van der Waals surface area contributed by atoms with Crippen molar-refractivity contribution in [1.29, 1.82) is 0 Å². The Balaban J connectivity index is 2.40. The number of hydrogen-bond donors (Lipinski definition) is 1. The van der Waals surface area contributed by atoms with Crippen molar-refractivity contribution in [2.75, 3.05) is 0 Å². The van der Waals surface area contributed by atoms with Crippen LogP contribution in [0.5, 0.6) is 0 Å². The van der Waals surface area contributed by atoms with Crippen LogP contribution in [0.1, 0.15) is 37.3 Å². The number of aryl methyl sites for hydroxylation is 1. The van der Waals surface area contributed by atoms with E-state index in [0.717, 1.165) is 18.2 Å². The quantitative estimate of drug-likeness (QED) is 0.819. The van der Waals surface area contributed by atoms with E-state index in [1.165, 1.54) is 24.5 Å². The number of aromatic nitrogens is 1. The number of pyridine rings is 1. The molecule has 1 heterocycles. The van der Waals surface area contributed by atoms with E-state index in [9.17, 15) is 9.59 Å². The molecular weight excluding hydrogens is 226 g/mol. The van der Waals surface area contributed by atoms with Crippen molar-refractivity contribution in [1.82, 2.24) is 4.98 Å². The number of rotatable bonds is 5. The van der Waals surface area contributed by atoms with Crippen LogP contribution in [0.15, 0.2) is 29.1 Å². The Labute approximate surface area is 106 Å². The summed E-state index contributed by atoms with van der Waals surface area (Å²) in [6.07, 6.45) is 6.37. The second-order valence-electron chi connectivity index (χ2n) is 4.49. The van der Waals surface area contributed by atoms with Gasteiger partial charge in [0.25, 0.3) is 0 Å². The second kappa shape index (κ2) is 5.63. The highest BCUT2D eigenvalue weighted by atomic mass is 16.1. The van der Waals surface area contributed by atoms with E-state index < -0.39 is 0 Å². The molecule has 0 bridgehead atoms. The SMILES string of the molecule is CCCCCc1ccc2[nH]c(=O)cc([C]=O)c2c1. The van der Waals surface area contributed by atoms with Crippen molar-refractivity contribution in [3.63, 3.8) is 0 Å². The molecule has 1 radical (unpaired) electrons. The molecule has 0 aliphatic rings. The maximum Gasteiger partial charge on any atom is 0.249 e. The first-order valence-electron chi connectivity index (χ1n) is 6.28. The molecule has 0 fully saturated rings. The zero-order valence-corrected chi connectivity index (χ0v) is 10.5. The number of carbonyl (C=O) groups excluding carboxylic acids is 1. The molecule has 2 aromatic rings. The monoisotopic (exact) mass is 242 g/mol. The van der Waals surface area contributed by atoms with Crippen LogP contribution in [0, 0.1) is 0 Å². The summed E-state index contributed by atoms with van der Waals surface area (Å²) in [4.78, 5) is 24.9. The largest absolute Gasteiger partial charge is 0.322 e. The van der Waals surface area contributed by atoms with Crippen LogP contribution in [0.2, 0.25) is 0 Å². The number of unbranched alkanes of at least 4 members (excludes halogenated alkanes) is 2. The molecule has 0 saturated carbocycles. The maximum atomic E-state index is 11.3. The van der Waals surface area contributed by atoms with E-state index in [2.05, 4.69) is 11.9 Å². The standard InChI is InChI=1S/C15H16NO2/c1-2-3-4-5-11-6-7-14-13(8-11)12(10-17)9-15(18)16-14/h6-9H,2-5H2,1H3,(H,16,18). The molecule has 0 atom stereocenters. The van der Waals surface area contributed by atoms with Gasteiger partial charge >= 0.3 is 0 Å². The van der Waals surface area contributed by atoms with Gasteiger partial charge in [0.1, 0.15) is 0 Å². The van der Waals surface area contributed by atoms with Gasteiger partial charge in [0, 0.05) is 22.5 Å². The smallest absolute Gasteiger partial charge is 0.249 e. The van der Waals surface area contributed by atoms with Gasteiger partial charge in [-0.05, 0) is 30.5 Å². The van der Waals surface area contributed by atoms with E-state index in [1.807, 2.05) is 24.5 Å². The van der Waals surface area contributed by atoms with Gasteiger partial charge in [0.15, 0.2) is 0 Å². The van der Waals surface area contributed by atoms with Crippen LogP contribution in [0.4, 0.5) is 0 Å². The third-order valence-corrected chi connectivity index (χ3v) is 3.09. The first kappa shape index (κ1) is 12.6. The number of benzene rings is 1. The third kappa shape index (κ3) is 2.67. The van der Waals surface area contributed by atoms with Crippen molar-refractivity contribution in [3.05, 3.63) is 45.7 Å². The van der Waals surface area contributed by atoms with Crippen LogP contribution < -0.4 is 5.56 Å². The van der Waals surface area contributed by atoms with Crippen molar-refractivity contribution in [3.8, 4) is 0 Å². The minimum atomic E-state index is -0.264. The van der Waals surface area contributed by atoms with Gasteiger partial charge in [-0.3, -0.25) is 9.59 Å². The predicted octanol–water partition coefficient (Wildman–Crippen LogP) is 2.72. The fraction of sp³-hybridized carbons (Fsp3) is 0.333. The van der Waals surface area contributed by atoms with E-state index in [4.69, 9.17) is 0 Å². The lowest BCUT2D eigenvalue weighted by Gasteiger charge is -2.04. The molecule has 1 aromatic carbocycles. The van der Waals surface area contributed by atoms with Crippen molar-refractivity contribution >= 4 is 17.2 Å². The number of fused-ring (bicyclic) bond motifs is 1. The third-order valence-electron chi connectivity index (χ3n) is 3.09. The zero-order valence-electron chi connectivity index (χ0n) is 10.5. The lowest BCUT2D eigenvalue weighted by molar-refractivity contribution is 0.563. The predicted molar refractivity (Wildman–Crippen MR) is 72.6 cm³/mol. The molecular formula is C15H16NO2. The minimum Gasteiger partial charge on any atom is -0.322 e. The average molecular weight is 242 g/mol. The summed E-state index contributed by atoms with van der Waals surface area (Å²) in [6, 6.07) is 7.13. The van der Waals surface area contributed by atoms with E-state index in [0.29, 0.717) is 11.1 Å². The molecule has 2 rings (SSSR count). The highest BCUT2D eigenvalue weighted by molar-refractivity contribution is 5.96. The van der Waals surface area contributed by atoms with Crippen LogP contribution in [0.25, 0.3) is 10.9 Å². The summed E-state index contributed by atoms with van der Waals surface area (Å²) in [5.41, 5.74) is 1.96. The molecule has 0 aliphatic carbocycles. The molecule has 93 valence electrons. The fourth-order valence-electron chi connectivity index (χ4n) is 2.12. The molecule has 1 N–H and O–H groups in total. The Morgan fingerprint density at radius 1 is 1.22 bits per heavy atom. The number of nitrogens with one attached hydrogen (secondary N) is 1. The van der Waals surface area contributed by atoms with E-state index in [-0.39, 0.29) is 5.56 Å². The highest BCUT2D eigenvalue weighted by Gasteiger charge is 2.04. The Morgan fingerprint density at radius 2 is 2.06 bits per heavy atom. The van der Waals surface area contributed by atoms with Gasteiger partial charge in [0.05, 0.1) is 0 Å². The van der Waals surface area contributed by atoms with Crippen molar-refractivity contribution in [2.24, 2.45) is 0 Å². The Hall–Kier alpha value is -1.90. The molecule has 18 heavy (non-hydrogen) atoms. The molecule has 3 nitrogen and oxygen atoms in total. The molecule has 0 amide bonds. The van der Waals surface area contributed by atoms with Crippen LogP contribution >= 0.6 is 0 Å². The summed E-state index contributed by atoms with van der Waals surface area (Å²) < 4.78 is 0. The number of aromatic amines is 1. The molecule has 0 aliphatic heterocycles. The van der Waals surface area contributed by atoms with Gasteiger partial charge < -0.3 is 4.98 Å². The first-order chi connectivity index (χ1) is 8.74. The fourth-order valence-corrected chi connectivity index (χ4v) is 2.12. The van der Waals surface area contributed by atoms with Crippen LogP contribution in [-0.2, 0) is 11.2 Å². The van der Waals surface area contributed by atoms with Crippen LogP contribution in [0.3, 0.4) is 0 Å². The van der Waals surface area contributed by atoms with Gasteiger partial charge in [-0.15, -0.1) is 0 Å². The highest BCUT2D eigenvalue weighted by Crippen LogP contribution is 2.17. The Bertz CT molecular complexity index is 613. The summed E-state index contributed by atoms with van der Waals surface area (Å²) in [6.45, 7) is 2.17. The lowest BCUT2D eigenvalue weighted by atomic mass is 10.0. The maximum absolute atomic E-state index is 11.3. The molecule has 0 unspecified atom stereocenters. The molecule has 0 spiro atoms. The first-order valence-corrected chi connectivity index (χ1v) is 6.28. The molecule has 1 aromatic heterocycles. The van der Waals surface area contributed by atoms with Crippen molar-refractivity contribution < 1.29 is 4.79 Å². The summed E-state index contributed by atoms with van der Waals surface area (Å²) in [7, 11) is 0. The number of H-pyrrole nitrogens is 1. The molecule has 3 heteroatoms.